The lowest BCUT2D eigenvalue weighted by atomic mass is 10.0. The number of methoxy groups -OCH3 is 1. The Balaban J connectivity index is 1.62. The fourth-order valence-electron chi connectivity index (χ4n) is 3.58. The number of benzene rings is 3. The molecular weight excluding hydrogens is 455 g/mol. The summed E-state index contributed by atoms with van der Waals surface area (Å²) < 4.78 is 49.4. The van der Waals surface area contributed by atoms with Crippen LogP contribution in [0, 0.1) is 5.82 Å². The Hall–Kier alpha value is -3.66. The van der Waals surface area contributed by atoms with Crippen LogP contribution in [-0.4, -0.2) is 32.0 Å². The molecule has 0 saturated heterocycles. The highest BCUT2D eigenvalue weighted by molar-refractivity contribution is 7.89. The van der Waals surface area contributed by atoms with Crippen molar-refractivity contribution in [3.63, 3.8) is 0 Å². The third kappa shape index (κ3) is 5.12. The van der Waals surface area contributed by atoms with Crippen LogP contribution in [-0.2, 0) is 14.8 Å². The molecule has 4 aromatic rings. The molecule has 1 atom stereocenters. The molecule has 0 fully saturated rings. The molecule has 3 aromatic carbocycles. The number of nitrogens with one attached hydrogen (secondary N) is 1. The van der Waals surface area contributed by atoms with Gasteiger partial charge in [0.05, 0.1) is 29.1 Å². The zero-order chi connectivity index (χ0) is 24.1. The van der Waals surface area contributed by atoms with Gasteiger partial charge in [-0.2, -0.15) is 0 Å². The predicted octanol–water partition coefficient (Wildman–Crippen LogP) is 4.20. The molecule has 4 rings (SSSR count). The lowest BCUT2D eigenvalue weighted by Gasteiger charge is -2.18. The number of nitrogen functional groups attached to an aromatic ring is 1. The molecule has 7 nitrogen and oxygen atoms in total. The zero-order valence-electron chi connectivity index (χ0n) is 18.4. The van der Waals surface area contributed by atoms with Crippen molar-refractivity contribution in [1.29, 1.82) is 0 Å². The largest absolute Gasteiger partial charge is 0.382 e. The van der Waals surface area contributed by atoms with Crippen LogP contribution >= 0.6 is 0 Å². The van der Waals surface area contributed by atoms with Gasteiger partial charge in [0.1, 0.15) is 11.6 Å². The first-order valence-corrected chi connectivity index (χ1v) is 11.9. The third-order valence-corrected chi connectivity index (χ3v) is 6.80. The molecule has 174 valence electrons. The summed E-state index contributed by atoms with van der Waals surface area (Å²) in [7, 11) is -2.40. The Morgan fingerprint density at radius 2 is 1.71 bits per heavy atom. The number of halogens is 1. The molecule has 9 heteroatoms. The molecule has 0 unspecified atom stereocenters. The van der Waals surface area contributed by atoms with Crippen LogP contribution in [0.2, 0.25) is 0 Å². The standard InChI is InChI=1S/C25H23FN4O3S/c1-33-23(17-7-3-2-4-8-17)15-30-34(31,32)24-10-6-5-9-19(24)18-11-12-20(21(26)13-18)22-14-29-25(27)16-28-22/h2-14,16,23,30H,15H2,1H3,(H2,27,29)/t23-/m0/s1. The highest BCUT2D eigenvalue weighted by Crippen LogP contribution is 2.31. The zero-order valence-corrected chi connectivity index (χ0v) is 19.2. The SMILES string of the molecule is CO[C@@H](CNS(=O)(=O)c1ccccc1-c1ccc(-c2cnc(N)cn2)c(F)c1)c1ccccc1. The van der Waals surface area contributed by atoms with Crippen molar-refractivity contribution >= 4 is 15.8 Å². The van der Waals surface area contributed by atoms with E-state index in [0.717, 1.165) is 5.56 Å². The van der Waals surface area contributed by atoms with E-state index in [9.17, 15) is 12.8 Å². The average Bonchev–Trinajstić information content (AvgIpc) is 2.86. The van der Waals surface area contributed by atoms with Crippen LogP contribution in [0.4, 0.5) is 10.2 Å². The summed E-state index contributed by atoms with van der Waals surface area (Å²) in [6, 6.07) is 20.2. The Morgan fingerprint density at radius 3 is 2.38 bits per heavy atom. The topological polar surface area (TPSA) is 107 Å². The van der Waals surface area contributed by atoms with Crippen molar-refractivity contribution in [2.75, 3.05) is 19.4 Å². The quantitative estimate of drug-likeness (QED) is 0.393. The Morgan fingerprint density at radius 1 is 0.971 bits per heavy atom. The van der Waals surface area contributed by atoms with Crippen molar-refractivity contribution in [2.45, 2.75) is 11.0 Å². The number of nitrogens with zero attached hydrogens (tertiary/aromatic N) is 2. The minimum Gasteiger partial charge on any atom is -0.382 e. The smallest absolute Gasteiger partial charge is 0.241 e. The van der Waals surface area contributed by atoms with Gasteiger partial charge in [0.15, 0.2) is 0 Å². The summed E-state index contributed by atoms with van der Waals surface area (Å²) in [5.41, 5.74) is 7.75. The Labute approximate surface area is 197 Å². The third-order valence-electron chi connectivity index (χ3n) is 5.32. The van der Waals surface area contributed by atoms with Gasteiger partial charge in [0.2, 0.25) is 10.0 Å². The second-order valence-corrected chi connectivity index (χ2v) is 9.24. The molecule has 0 spiro atoms. The number of anilines is 1. The van der Waals surface area contributed by atoms with E-state index in [1.54, 1.807) is 24.3 Å². The van der Waals surface area contributed by atoms with Gasteiger partial charge >= 0.3 is 0 Å². The van der Waals surface area contributed by atoms with Gasteiger partial charge in [-0.1, -0.05) is 54.6 Å². The van der Waals surface area contributed by atoms with Crippen molar-refractivity contribution < 1.29 is 17.5 Å². The number of ether oxygens (including phenoxy) is 1. The number of aromatic nitrogens is 2. The van der Waals surface area contributed by atoms with Crippen molar-refractivity contribution in [3.8, 4) is 22.4 Å². The monoisotopic (exact) mass is 478 g/mol. The van der Waals surface area contributed by atoms with Gasteiger partial charge in [-0.05, 0) is 29.3 Å². The molecule has 1 aromatic heterocycles. The summed E-state index contributed by atoms with van der Waals surface area (Å²) in [6.07, 6.45) is 2.27. The van der Waals surface area contributed by atoms with E-state index < -0.39 is 21.9 Å². The van der Waals surface area contributed by atoms with Gasteiger partial charge in [-0.25, -0.2) is 22.5 Å². The summed E-state index contributed by atoms with van der Waals surface area (Å²) >= 11 is 0. The number of sulfonamides is 1. The molecule has 0 amide bonds. The van der Waals surface area contributed by atoms with Crippen LogP contribution in [0.3, 0.4) is 0 Å². The van der Waals surface area contributed by atoms with Gasteiger partial charge in [0.25, 0.3) is 0 Å². The van der Waals surface area contributed by atoms with Crippen LogP contribution in [0.5, 0.6) is 0 Å². The second kappa shape index (κ2) is 10.1. The molecular formula is C25H23FN4O3S. The van der Waals surface area contributed by atoms with Crippen LogP contribution in [0.1, 0.15) is 11.7 Å². The molecule has 0 radical (unpaired) electrons. The first-order valence-electron chi connectivity index (χ1n) is 10.4. The summed E-state index contributed by atoms with van der Waals surface area (Å²) in [6.45, 7) is 0.0420. The van der Waals surface area contributed by atoms with E-state index in [-0.39, 0.29) is 22.8 Å². The highest BCUT2D eigenvalue weighted by Gasteiger charge is 2.22. The molecule has 0 bridgehead atoms. The van der Waals surface area contributed by atoms with Crippen LogP contribution in [0.25, 0.3) is 22.4 Å². The van der Waals surface area contributed by atoms with E-state index in [1.807, 2.05) is 30.3 Å². The van der Waals surface area contributed by atoms with E-state index >= 15 is 0 Å². The van der Waals surface area contributed by atoms with Gasteiger partial charge in [-0.3, -0.25) is 4.98 Å². The molecule has 0 aliphatic carbocycles. The van der Waals surface area contributed by atoms with E-state index in [0.29, 0.717) is 16.8 Å². The van der Waals surface area contributed by atoms with Gasteiger partial charge in [0, 0.05) is 24.8 Å². The second-order valence-electron chi connectivity index (χ2n) is 7.50. The molecule has 0 saturated carbocycles. The maximum Gasteiger partial charge on any atom is 0.241 e. The predicted molar refractivity (Wildman–Crippen MR) is 129 cm³/mol. The minimum absolute atomic E-state index is 0.0392. The fraction of sp³-hybridized carbons (Fsp3) is 0.120. The van der Waals surface area contributed by atoms with Gasteiger partial charge < -0.3 is 10.5 Å². The lowest BCUT2D eigenvalue weighted by Crippen LogP contribution is -2.29. The fourth-order valence-corrected chi connectivity index (χ4v) is 4.83. The van der Waals surface area contributed by atoms with Crippen LogP contribution < -0.4 is 10.5 Å². The molecule has 1 heterocycles. The summed E-state index contributed by atoms with van der Waals surface area (Å²) in [5, 5.41) is 0. The first-order chi connectivity index (χ1) is 16.4. The Kier molecular flexibility index (Phi) is 6.97. The average molecular weight is 479 g/mol. The summed E-state index contributed by atoms with van der Waals surface area (Å²) in [5.74, 6) is -0.323. The minimum atomic E-state index is -3.92. The van der Waals surface area contributed by atoms with E-state index in [2.05, 4.69) is 14.7 Å². The van der Waals surface area contributed by atoms with Crippen LogP contribution in [0.15, 0.2) is 90.1 Å². The number of hydrogen-bond donors (Lipinski definition) is 2. The van der Waals surface area contributed by atoms with Crippen molar-refractivity contribution in [1.82, 2.24) is 14.7 Å². The van der Waals surface area contributed by atoms with Crippen molar-refractivity contribution in [2.24, 2.45) is 0 Å². The number of hydrogen-bond acceptors (Lipinski definition) is 6. The lowest BCUT2D eigenvalue weighted by molar-refractivity contribution is 0.107. The molecule has 0 aliphatic heterocycles. The van der Waals surface area contributed by atoms with E-state index in [4.69, 9.17) is 10.5 Å². The van der Waals surface area contributed by atoms with Gasteiger partial charge in [-0.15, -0.1) is 0 Å². The highest BCUT2D eigenvalue weighted by atomic mass is 32.2. The Bertz CT molecular complexity index is 1380. The molecule has 3 N–H and O–H groups in total. The number of nitrogens with two attached hydrogens (primary N) is 1. The maximum atomic E-state index is 15.0. The normalized spacial score (nSPS) is 12.4. The maximum absolute atomic E-state index is 15.0. The molecule has 0 aliphatic rings. The van der Waals surface area contributed by atoms with Crippen molar-refractivity contribution in [3.05, 3.63) is 96.6 Å². The molecule has 34 heavy (non-hydrogen) atoms. The first kappa shape index (κ1) is 23.5. The summed E-state index contributed by atoms with van der Waals surface area (Å²) in [4.78, 5) is 8.07. The van der Waals surface area contributed by atoms with E-state index in [1.165, 1.54) is 37.7 Å². The number of rotatable bonds is 8.